The van der Waals surface area contributed by atoms with Crippen LogP contribution in [0.2, 0.25) is 0 Å². The third kappa shape index (κ3) is 8.76. The molecule has 2 N–H and O–H groups in total. The molecule has 184 valence electrons. The fourth-order valence-corrected chi connectivity index (χ4v) is 3.55. The summed E-state index contributed by atoms with van der Waals surface area (Å²) in [6.45, 7) is 17.5. The molecule has 0 bridgehead atoms. The van der Waals surface area contributed by atoms with Crippen molar-refractivity contribution in [3.8, 4) is 5.75 Å². The van der Waals surface area contributed by atoms with Gasteiger partial charge in [-0.15, -0.1) is 5.11 Å². The first kappa shape index (κ1) is 27.3. The minimum Gasteiger partial charge on any atom is -0.494 e. The molecule has 0 aliphatic heterocycles. The third-order valence-electron chi connectivity index (χ3n) is 5.46. The highest BCUT2D eigenvalue weighted by atomic mass is 16.5. The van der Waals surface area contributed by atoms with Crippen LogP contribution in [0.5, 0.6) is 5.75 Å². The summed E-state index contributed by atoms with van der Waals surface area (Å²) < 4.78 is 5.47. The summed E-state index contributed by atoms with van der Waals surface area (Å²) in [5.74, 6) is 0.844. The number of hydrogen-bond donors (Lipinski definition) is 2. The van der Waals surface area contributed by atoms with Gasteiger partial charge in [0.15, 0.2) is 0 Å². The number of azo groups is 1. The summed E-state index contributed by atoms with van der Waals surface area (Å²) in [6, 6.07) is 20.1. The quantitative estimate of drug-likeness (QED) is 0.283. The van der Waals surface area contributed by atoms with Gasteiger partial charge in [0, 0.05) is 29.5 Å². The van der Waals surface area contributed by atoms with E-state index in [4.69, 9.17) is 4.74 Å². The molecule has 0 fully saturated rings. The van der Waals surface area contributed by atoms with Crippen LogP contribution in [0, 0.1) is 0 Å². The molecule has 0 spiro atoms. The van der Waals surface area contributed by atoms with Crippen LogP contribution in [0.25, 0.3) is 10.8 Å². The lowest BCUT2D eigenvalue weighted by molar-refractivity contribution is 0.316. The Labute approximate surface area is 205 Å². The van der Waals surface area contributed by atoms with Crippen molar-refractivity contribution in [2.24, 2.45) is 10.2 Å². The van der Waals surface area contributed by atoms with Gasteiger partial charge in [-0.05, 0) is 69.5 Å². The monoisotopic (exact) mass is 463 g/mol. The number of benzene rings is 3. The Hall–Kier alpha value is -2.96. The van der Waals surface area contributed by atoms with Crippen molar-refractivity contribution in [1.29, 1.82) is 0 Å². The Kier molecular flexibility index (Phi) is 12.7. The number of hydrogen-bond acceptors (Lipinski definition) is 6. The molecule has 0 atom stereocenters. The first-order valence-corrected chi connectivity index (χ1v) is 12.5. The molecule has 3 rings (SSSR count). The number of likely N-dealkylation sites (N-methyl/N-ethyl adjacent to an activating group) is 1. The van der Waals surface area contributed by atoms with E-state index in [9.17, 15) is 0 Å². The van der Waals surface area contributed by atoms with Crippen molar-refractivity contribution in [2.75, 3.05) is 51.2 Å². The second-order valence-corrected chi connectivity index (χ2v) is 7.72. The first-order valence-electron chi connectivity index (χ1n) is 12.5. The van der Waals surface area contributed by atoms with E-state index in [0.717, 1.165) is 72.9 Å². The summed E-state index contributed by atoms with van der Waals surface area (Å²) in [7, 11) is 0. The summed E-state index contributed by atoms with van der Waals surface area (Å²) >= 11 is 0. The number of anilines is 1. The minimum absolute atomic E-state index is 0.655. The van der Waals surface area contributed by atoms with E-state index in [1.165, 1.54) is 0 Å². The van der Waals surface area contributed by atoms with Crippen LogP contribution >= 0.6 is 0 Å². The first-order chi connectivity index (χ1) is 16.7. The van der Waals surface area contributed by atoms with Gasteiger partial charge in [0.2, 0.25) is 0 Å². The predicted octanol–water partition coefficient (Wildman–Crippen LogP) is 7.02. The molecule has 34 heavy (non-hydrogen) atoms. The Morgan fingerprint density at radius 3 is 2.03 bits per heavy atom. The molecule has 0 saturated carbocycles. The van der Waals surface area contributed by atoms with Crippen LogP contribution in [0.4, 0.5) is 17.1 Å². The zero-order valence-corrected chi connectivity index (χ0v) is 21.5. The van der Waals surface area contributed by atoms with E-state index in [1.807, 2.05) is 43.3 Å². The molecule has 6 nitrogen and oxygen atoms in total. The van der Waals surface area contributed by atoms with Gasteiger partial charge in [-0.3, -0.25) is 0 Å². The third-order valence-corrected chi connectivity index (χ3v) is 5.46. The molecular formula is C28H41N5O. The van der Waals surface area contributed by atoms with Gasteiger partial charge in [-0.1, -0.05) is 52.0 Å². The van der Waals surface area contributed by atoms with Crippen molar-refractivity contribution in [1.82, 2.24) is 10.2 Å². The molecule has 0 aromatic heterocycles. The highest BCUT2D eigenvalue weighted by Gasteiger charge is 2.06. The van der Waals surface area contributed by atoms with Gasteiger partial charge in [0.25, 0.3) is 0 Å². The van der Waals surface area contributed by atoms with Crippen LogP contribution in [-0.2, 0) is 0 Å². The lowest BCUT2D eigenvalue weighted by Gasteiger charge is -2.19. The topological polar surface area (TPSA) is 61.2 Å². The fourth-order valence-electron chi connectivity index (χ4n) is 3.55. The molecule has 3 aromatic carbocycles. The fraction of sp³-hybridized carbons (Fsp3) is 0.429. The standard InChI is InChI=1S/C24H30N4O.C4H11N/c1-4-28(5-2)18-17-25-23-15-16-24(22-10-8-7-9-21(22)23)27-26-19-11-13-20(14-12-19)29-6-3;1-3-5-4-2/h7-16,25H,4-6,17-18H2,1-3H3;5H,3-4H2,1-2H3. The normalized spacial score (nSPS) is 11.0. The lowest BCUT2D eigenvalue weighted by atomic mass is 10.1. The second kappa shape index (κ2) is 15.8. The number of fused-ring (bicyclic) bond motifs is 1. The van der Waals surface area contributed by atoms with Crippen LogP contribution in [0.3, 0.4) is 0 Å². The van der Waals surface area contributed by atoms with E-state index in [1.54, 1.807) is 0 Å². The zero-order valence-electron chi connectivity index (χ0n) is 21.5. The van der Waals surface area contributed by atoms with Gasteiger partial charge in [-0.25, -0.2) is 0 Å². The molecule has 0 amide bonds. The number of nitrogens with zero attached hydrogens (tertiary/aromatic N) is 3. The smallest absolute Gasteiger partial charge is 0.119 e. The van der Waals surface area contributed by atoms with Gasteiger partial charge >= 0.3 is 0 Å². The molecule has 0 radical (unpaired) electrons. The van der Waals surface area contributed by atoms with Crippen LogP contribution in [0.1, 0.15) is 34.6 Å². The summed E-state index contributed by atoms with van der Waals surface area (Å²) in [5.41, 5.74) is 2.80. The molecule has 3 aromatic rings. The Balaban J connectivity index is 0.000000739. The zero-order chi connectivity index (χ0) is 24.6. The Morgan fingerprint density at radius 1 is 0.765 bits per heavy atom. The van der Waals surface area contributed by atoms with E-state index >= 15 is 0 Å². The van der Waals surface area contributed by atoms with Crippen LogP contribution in [0.15, 0.2) is 70.9 Å². The summed E-state index contributed by atoms with van der Waals surface area (Å²) in [6.07, 6.45) is 0. The highest BCUT2D eigenvalue weighted by molar-refractivity contribution is 6.00. The molecule has 0 unspecified atom stereocenters. The minimum atomic E-state index is 0.655. The van der Waals surface area contributed by atoms with Gasteiger partial charge in [-0.2, -0.15) is 5.11 Å². The lowest BCUT2D eigenvalue weighted by Crippen LogP contribution is -2.28. The van der Waals surface area contributed by atoms with Gasteiger partial charge in [0.1, 0.15) is 5.75 Å². The predicted molar refractivity (Wildman–Crippen MR) is 146 cm³/mol. The number of ether oxygens (including phenoxy) is 1. The molecule has 0 aliphatic carbocycles. The Morgan fingerprint density at radius 2 is 1.44 bits per heavy atom. The molecule has 6 heteroatoms. The molecule has 0 aliphatic rings. The van der Waals surface area contributed by atoms with Gasteiger partial charge < -0.3 is 20.3 Å². The molecular weight excluding hydrogens is 422 g/mol. The maximum atomic E-state index is 5.47. The maximum Gasteiger partial charge on any atom is 0.119 e. The van der Waals surface area contributed by atoms with Crippen LogP contribution in [-0.4, -0.2) is 50.8 Å². The van der Waals surface area contributed by atoms with E-state index in [-0.39, 0.29) is 0 Å². The molecule has 0 saturated heterocycles. The van der Waals surface area contributed by atoms with E-state index in [2.05, 4.69) is 77.7 Å². The SMILES string of the molecule is CCNCC.CCOc1ccc(N=Nc2ccc(NCCN(CC)CC)c3ccccc23)cc1. The maximum absolute atomic E-state index is 5.47. The summed E-state index contributed by atoms with van der Waals surface area (Å²) in [5, 5.41) is 17.9. The van der Waals surface area contributed by atoms with Crippen molar-refractivity contribution in [3.05, 3.63) is 60.7 Å². The molecule has 0 heterocycles. The van der Waals surface area contributed by atoms with E-state index < -0.39 is 0 Å². The van der Waals surface area contributed by atoms with Crippen molar-refractivity contribution in [2.45, 2.75) is 34.6 Å². The average molecular weight is 464 g/mol. The number of nitrogens with one attached hydrogen (secondary N) is 2. The second-order valence-electron chi connectivity index (χ2n) is 7.72. The number of rotatable bonds is 12. The summed E-state index contributed by atoms with van der Waals surface area (Å²) in [4.78, 5) is 2.41. The van der Waals surface area contributed by atoms with Gasteiger partial charge in [0.05, 0.1) is 18.0 Å². The van der Waals surface area contributed by atoms with E-state index in [0.29, 0.717) is 6.61 Å². The Bertz CT molecular complexity index is 982. The van der Waals surface area contributed by atoms with Crippen molar-refractivity contribution in [3.63, 3.8) is 0 Å². The van der Waals surface area contributed by atoms with Crippen molar-refractivity contribution < 1.29 is 4.74 Å². The average Bonchev–Trinajstić information content (AvgIpc) is 2.88. The van der Waals surface area contributed by atoms with Crippen LogP contribution < -0.4 is 15.4 Å². The van der Waals surface area contributed by atoms with Crippen molar-refractivity contribution >= 4 is 27.8 Å². The highest BCUT2D eigenvalue weighted by Crippen LogP contribution is 2.33. The largest absolute Gasteiger partial charge is 0.494 e.